The molecule has 0 radical (unpaired) electrons. The number of fused-ring (bicyclic) bond motifs is 1. The first-order valence-corrected chi connectivity index (χ1v) is 7.46. The fraction of sp³-hybridized carbons (Fsp3) is 0.375. The molecule has 0 amide bonds. The van der Waals surface area contributed by atoms with Crippen LogP contribution in [0, 0.1) is 6.92 Å². The number of hydrogen-bond donors (Lipinski definition) is 0. The van der Waals surface area contributed by atoms with Gasteiger partial charge < -0.3 is 4.74 Å². The summed E-state index contributed by atoms with van der Waals surface area (Å²) in [5.74, 6) is -0.00790. The van der Waals surface area contributed by atoms with E-state index in [4.69, 9.17) is 4.74 Å². The topological polar surface area (TPSA) is 48.3 Å². The summed E-state index contributed by atoms with van der Waals surface area (Å²) in [6, 6.07) is 5.28. The second-order valence-electron chi connectivity index (χ2n) is 6.00. The molecule has 0 atom stereocenters. The minimum atomic E-state index is -0.564. The number of ether oxygens (including phenoxy) is 1. The fourth-order valence-corrected chi connectivity index (χ4v) is 2.64. The lowest BCUT2D eigenvalue weighted by Crippen LogP contribution is -2.27. The summed E-state index contributed by atoms with van der Waals surface area (Å²) >= 11 is 3.49. The Morgan fingerprint density at radius 2 is 1.86 bits per heavy atom. The smallest absolute Gasteiger partial charge is 0.419 e. The number of benzene rings is 1. The van der Waals surface area contributed by atoms with Crippen LogP contribution in [0.1, 0.15) is 43.7 Å². The highest BCUT2D eigenvalue weighted by Gasteiger charge is 2.23. The molecule has 1 aromatic carbocycles. The van der Waals surface area contributed by atoms with Crippen molar-refractivity contribution in [2.75, 3.05) is 0 Å². The zero-order valence-corrected chi connectivity index (χ0v) is 14.4. The summed E-state index contributed by atoms with van der Waals surface area (Å²) in [7, 11) is 0. The molecular formula is C16H18BrNO3. The minimum Gasteiger partial charge on any atom is -0.443 e. The molecule has 0 aliphatic heterocycles. The monoisotopic (exact) mass is 351 g/mol. The number of Topliss-reactive ketones (excluding diaryl/α,β-unsaturated/α-hetero) is 1. The molecule has 112 valence electrons. The van der Waals surface area contributed by atoms with Crippen molar-refractivity contribution in [3.63, 3.8) is 0 Å². The highest BCUT2D eigenvalue weighted by molar-refractivity contribution is 9.10. The van der Waals surface area contributed by atoms with E-state index in [9.17, 15) is 9.59 Å². The van der Waals surface area contributed by atoms with Crippen LogP contribution in [-0.2, 0) is 4.74 Å². The van der Waals surface area contributed by atoms with Crippen molar-refractivity contribution in [3.05, 3.63) is 33.9 Å². The maximum absolute atomic E-state index is 12.4. The van der Waals surface area contributed by atoms with Crippen molar-refractivity contribution in [1.82, 2.24) is 4.57 Å². The van der Waals surface area contributed by atoms with Gasteiger partial charge in [-0.05, 0) is 68.7 Å². The zero-order chi connectivity index (χ0) is 15.9. The van der Waals surface area contributed by atoms with Crippen LogP contribution in [0.2, 0.25) is 0 Å². The molecule has 0 spiro atoms. The largest absolute Gasteiger partial charge is 0.443 e. The lowest BCUT2D eigenvalue weighted by molar-refractivity contribution is 0.0541. The third kappa shape index (κ3) is 3.02. The fourth-order valence-electron chi connectivity index (χ4n) is 2.14. The maximum Gasteiger partial charge on any atom is 0.419 e. The Morgan fingerprint density at radius 1 is 1.24 bits per heavy atom. The number of hydrogen-bond acceptors (Lipinski definition) is 3. The third-order valence-corrected chi connectivity index (χ3v) is 4.11. The molecule has 21 heavy (non-hydrogen) atoms. The van der Waals surface area contributed by atoms with Gasteiger partial charge in [0, 0.05) is 21.1 Å². The number of ketones is 1. The van der Waals surface area contributed by atoms with Gasteiger partial charge in [0.25, 0.3) is 0 Å². The summed E-state index contributed by atoms with van der Waals surface area (Å²) < 4.78 is 7.76. The normalized spacial score (nSPS) is 11.7. The molecule has 0 saturated carbocycles. The van der Waals surface area contributed by atoms with E-state index < -0.39 is 11.7 Å². The van der Waals surface area contributed by atoms with Crippen LogP contribution in [0.25, 0.3) is 10.9 Å². The molecule has 2 rings (SSSR count). The molecule has 0 aliphatic carbocycles. The number of nitrogens with zero attached hydrogens (tertiary/aromatic N) is 1. The van der Waals surface area contributed by atoms with Gasteiger partial charge in [0.1, 0.15) is 5.60 Å². The van der Waals surface area contributed by atoms with Crippen LogP contribution >= 0.6 is 15.9 Å². The second kappa shape index (κ2) is 5.30. The standard InChI is InChI=1S/C16H18BrNO3/c1-9-14(17)12-8-11(10(2)19)6-7-13(12)18(9)15(20)21-16(3,4)5/h6-8H,1-5H3. The van der Waals surface area contributed by atoms with E-state index in [1.54, 1.807) is 18.2 Å². The van der Waals surface area contributed by atoms with Crippen LogP contribution in [0.15, 0.2) is 22.7 Å². The van der Waals surface area contributed by atoms with E-state index >= 15 is 0 Å². The van der Waals surface area contributed by atoms with E-state index in [0.29, 0.717) is 5.56 Å². The van der Waals surface area contributed by atoms with Gasteiger partial charge in [0.2, 0.25) is 0 Å². The first kappa shape index (κ1) is 15.8. The van der Waals surface area contributed by atoms with Gasteiger partial charge in [-0.1, -0.05) is 0 Å². The van der Waals surface area contributed by atoms with E-state index in [2.05, 4.69) is 15.9 Å². The minimum absolute atomic E-state index is 0.00790. The number of carbonyl (C=O) groups is 2. The van der Waals surface area contributed by atoms with Crippen molar-refractivity contribution in [2.45, 2.75) is 40.2 Å². The van der Waals surface area contributed by atoms with Crippen LogP contribution < -0.4 is 0 Å². The molecule has 2 aromatic rings. The Kier molecular flexibility index (Phi) is 3.97. The van der Waals surface area contributed by atoms with Crippen LogP contribution in [-0.4, -0.2) is 22.0 Å². The van der Waals surface area contributed by atoms with Crippen molar-refractivity contribution in [2.24, 2.45) is 0 Å². The molecule has 0 bridgehead atoms. The highest BCUT2D eigenvalue weighted by Crippen LogP contribution is 2.32. The number of aromatic nitrogens is 1. The molecule has 0 saturated heterocycles. The lowest BCUT2D eigenvalue weighted by Gasteiger charge is -2.20. The number of rotatable bonds is 1. The molecule has 1 aromatic heterocycles. The quantitative estimate of drug-likeness (QED) is 0.699. The SMILES string of the molecule is CC(=O)c1ccc2c(c1)c(Br)c(C)n2C(=O)OC(C)(C)C. The van der Waals surface area contributed by atoms with Gasteiger partial charge in [0.05, 0.1) is 5.52 Å². The van der Waals surface area contributed by atoms with Crippen molar-refractivity contribution < 1.29 is 14.3 Å². The molecule has 0 unspecified atom stereocenters. The lowest BCUT2D eigenvalue weighted by atomic mass is 10.1. The first-order chi connectivity index (χ1) is 9.61. The summed E-state index contributed by atoms with van der Waals surface area (Å²) in [6.45, 7) is 8.84. The van der Waals surface area contributed by atoms with Gasteiger partial charge in [-0.3, -0.25) is 4.79 Å². The number of carbonyl (C=O) groups excluding carboxylic acids is 2. The maximum atomic E-state index is 12.4. The van der Waals surface area contributed by atoms with Crippen molar-refractivity contribution >= 4 is 38.7 Å². The molecule has 0 aliphatic rings. The molecular weight excluding hydrogens is 334 g/mol. The van der Waals surface area contributed by atoms with E-state index in [0.717, 1.165) is 21.1 Å². The third-order valence-electron chi connectivity index (χ3n) is 3.11. The summed E-state index contributed by atoms with van der Waals surface area (Å²) in [5.41, 5.74) is 1.52. The van der Waals surface area contributed by atoms with E-state index in [-0.39, 0.29) is 5.78 Å². The summed E-state index contributed by atoms with van der Waals surface area (Å²) in [4.78, 5) is 23.9. The summed E-state index contributed by atoms with van der Waals surface area (Å²) in [5, 5.41) is 0.825. The van der Waals surface area contributed by atoms with Gasteiger partial charge >= 0.3 is 6.09 Å². The van der Waals surface area contributed by atoms with Crippen molar-refractivity contribution in [3.8, 4) is 0 Å². The molecule has 1 heterocycles. The summed E-state index contributed by atoms with van der Waals surface area (Å²) in [6.07, 6.45) is -0.425. The zero-order valence-electron chi connectivity index (χ0n) is 12.8. The average molecular weight is 352 g/mol. The second-order valence-corrected chi connectivity index (χ2v) is 6.80. The first-order valence-electron chi connectivity index (χ1n) is 6.66. The van der Waals surface area contributed by atoms with Gasteiger partial charge in [-0.2, -0.15) is 0 Å². The number of halogens is 1. The highest BCUT2D eigenvalue weighted by atomic mass is 79.9. The molecule has 5 heteroatoms. The molecule has 0 fully saturated rings. The van der Waals surface area contributed by atoms with Crippen LogP contribution in [0.3, 0.4) is 0 Å². The van der Waals surface area contributed by atoms with Crippen LogP contribution in [0.4, 0.5) is 4.79 Å². The predicted octanol–water partition coefficient (Wildman–Crippen LogP) is 4.70. The van der Waals surface area contributed by atoms with Gasteiger partial charge in [-0.15, -0.1) is 0 Å². The average Bonchev–Trinajstić information content (AvgIpc) is 2.59. The Labute approximate surface area is 132 Å². The molecule has 4 nitrogen and oxygen atoms in total. The van der Waals surface area contributed by atoms with E-state index in [1.807, 2.05) is 27.7 Å². The van der Waals surface area contributed by atoms with Crippen LogP contribution in [0.5, 0.6) is 0 Å². The van der Waals surface area contributed by atoms with Gasteiger partial charge in [-0.25, -0.2) is 9.36 Å². The Hall–Kier alpha value is -1.62. The van der Waals surface area contributed by atoms with E-state index in [1.165, 1.54) is 11.5 Å². The van der Waals surface area contributed by atoms with Gasteiger partial charge in [0.15, 0.2) is 5.78 Å². The predicted molar refractivity (Wildman–Crippen MR) is 86.0 cm³/mol. The Bertz CT molecular complexity index is 738. The Morgan fingerprint density at radius 3 is 2.38 bits per heavy atom. The molecule has 0 N–H and O–H groups in total. The van der Waals surface area contributed by atoms with Crippen molar-refractivity contribution in [1.29, 1.82) is 0 Å². The Balaban J connectivity index is 2.63.